The number of alkyl halides is 3. The van der Waals surface area contributed by atoms with E-state index in [9.17, 15) is 13.2 Å². The number of halogens is 3. The maximum absolute atomic E-state index is 12.8. The van der Waals surface area contributed by atoms with Crippen molar-refractivity contribution in [2.75, 3.05) is 13.7 Å². The van der Waals surface area contributed by atoms with Crippen LogP contribution in [0.2, 0.25) is 0 Å². The molecule has 0 fully saturated rings. The Hall–Kier alpha value is -1.34. The van der Waals surface area contributed by atoms with Crippen LogP contribution in [0.1, 0.15) is 31.4 Å². The highest BCUT2D eigenvalue weighted by Gasteiger charge is 2.34. The van der Waals surface area contributed by atoms with E-state index in [1.165, 1.54) is 12.1 Å². The molecule has 0 amide bonds. The van der Waals surface area contributed by atoms with Crippen molar-refractivity contribution in [1.29, 1.82) is 0 Å². The molecule has 0 spiro atoms. The first-order valence-corrected chi connectivity index (χ1v) is 6.66. The first-order valence-electron chi connectivity index (χ1n) is 6.26. The van der Waals surface area contributed by atoms with Gasteiger partial charge in [0, 0.05) is 19.1 Å². The number of benzene rings is 1. The SMILES string of the molecule is COC(C)(C)CCOc1ccc(C(F)(F)F)c(C(N)=S)c1. The van der Waals surface area contributed by atoms with Crippen molar-refractivity contribution < 1.29 is 22.6 Å². The maximum Gasteiger partial charge on any atom is 0.417 e. The zero-order valence-electron chi connectivity index (χ0n) is 12.1. The molecule has 0 aliphatic rings. The van der Waals surface area contributed by atoms with Crippen LogP contribution in [0.25, 0.3) is 0 Å². The Labute approximate surface area is 127 Å². The minimum atomic E-state index is -4.50. The Bertz CT molecular complexity index is 515. The van der Waals surface area contributed by atoms with Gasteiger partial charge in [-0.15, -0.1) is 0 Å². The molecular formula is C14H18F3NO2S. The zero-order chi connectivity index (χ0) is 16.3. The van der Waals surface area contributed by atoms with Gasteiger partial charge in [0.25, 0.3) is 0 Å². The highest BCUT2D eigenvalue weighted by Crippen LogP contribution is 2.34. The third-order valence-corrected chi connectivity index (χ3v) is 3.31. The van der Waals surface area contributed by atoms with Crippen molar-refractivity contribution in [3.8, 4) is 5.75 Å². The van der Waals surface area contributed by atoms with Crippen molar-refractivity contribution in [1.82, 2.24) is 0 Å². The van der Waals surface area contributed by atoms with Crippen LogP contribution in [-0.4, -0.2) is 24.3 Å². The lowest BCUT2D eigenvalue weighted by Crippen LogP contribution is -2.25. The summed E-state index contributed by atoms with van der Waals surface area (Å²) in [5.74, 6) is 0.290. The topological polar surface area (TPSA) is 44.5 Å². The predicted molar refractivity (Wildman–Crippen MR) is 78.5 cm³/mol. The van der Waals surface area contributed by atoms with Crippen LogP contribution in [-0.2, 0) is 10.9 Å². The molecule has 1 aromatic carbocycles. The smallest absolute Gasteiger partial charge is 0.417 e. The molecule has 2 N–H and O–H groups in total. The third-order valence-electron chi connectivity index (χ3n) is 3.09. The second-order valence-electron chi connectivity index (χ2n) is 5.13. The number of rotatable bonds is 6. The number of hydrogen-bond acceptors (Lipinski definition) is 3. The Morgan fingerprint density at radius 2 is 1.90 bits per heavy atom. The summed E-state index contributed by atoms with van der Waals surface area (Å²) in [6, 6.07) is 3.39. The van der Waals surface area contributed by atoms with E-state index in [2.05, 4.69) is 12.2 Å². The zero-order valence-corrected chi connectivity index (χ0v) is 12.9. The quantitative estimate of drug-likeness (QED) is 0.814. The molecule has 0 unspecified atom stereocenters. The fourth-order valence-corrected chi connectivity index (χ4v) is 1.75. The molecule has 0 aliphatic heterocycles. The molecule has 21 heavy (non-hydrogen) atoms. The first-order chi connectivity index (χ1) is 9.57. The van der Waals surface area contributed by atoms with E-state index in [0.29, 0.717) is 13.0 Å². The fourth-order valence-electron chi connectivity index (χ4n) is 1.58. The van der Waals surface area contributed by atoms with Crippen molar-refractivity contribution in [3.05, 3.63) is 29.3 Å². The molecule has 0 saturated heterocycles. The summed E-state index contributed by atoms with van der Waals surface area (Å²) in [5, 5.41) is 0. The summed E-state index contributed by atoms with van der Waals surface area (Å²) < 4.78 is 49.1. The minimum Gasteiger partial charge on any atom is -0.493 e. The number of thiocarbonyl (C=S) groups is 1. The molecule has 0 aromatic heterocycles. The summed E-state index contributed by atoms with van der Waals surface area (Å²) in [7, 11) is 1.59. The van der Waals surface area contributed by atoms with Gasteiger partial charge >= 0.3 is 6.18 Å². The normalized spacial score (nSPS) is 12.3. The van der Waals surface area contributed by atoms with Gasteiger partial charge in [0.15, 0.2) is 0 Å². The fraction of sp³-hybridized carbons (Fsp3) is 0.500. The third kappa shape index (κ3) is 5.17. The van der Waals surface area contributed by atoms with E-state index in [1.54, 1.807) is 7.11 Å². The number of methoxy groups -OCH3 is 1. The van der Waals surface area contributed by atoms with Gasteiger partial charge in [-0.2, -0.15) is 13.2 Å². The van der Waals surface area contributed by atoms with Gasteiger partial charge in [-0.05, 0) is 32.0 Å². The monoisotopic (exact) mass is 321 g/mol. The standard InChI is InChI=1S/C14H18F3NO2S/c1-13(2,19-3)6-7-20-9-4-5-11(14(15,16)17)10(8-9)12(18)21/h4-5,8H,6-7H2,1-3H3,(H2,18,21). The van der Waals surface area contributed by atoms with Crippen LogP contribution in [0.15, 0.2) is 18.2 Å². The van der Waals surface area contributed by atoms with E-state index in [1.807, 2.05) is 13.8 Å². The van der Waals surface area contributed by atoms with E-state index in [0.717, 1.165) is 6.07 Å². The van der Waals surface area contributed by atoms with E-state index < -0.39 is 11.7 Å². The van der Waals surface area contributed by atoms with Crippen molar-refractivity contribution in [2.45, 2.75) is 32.0 Å². The van der Waals surface area contributed by atoms with Crippen LogP contribution in [0.5, 0.6) is 5.75 Å². The van der Waals surface area contributed by atoms with Crippen LogP contribution in [0, 0.1) is 0 Å². The lowest BCUT2D eigenvalue weighted by atomic mass is 10.1. The second kappa shape index (κ2) is 6.62. The van der Waals surface area contributed by atoms with Crippen molar-refractivity contribution >= 4 is 17.2 Å². The van der Waals surface area contributed by atoms with Crippen LogP contribution < -0.4 is 10.5 Å². The summed E-state index contributed by atoms with van der Waals surface area (Å²) in [6.45, 7) is 4.09. The summed E-state index contributed by atoms with van der Waals surface area (Å²) in [5.41, 5.74) is 3.90. The van der Waals surface area contributed by atoms with Gasteiger partial charge in [0.1, 0.15) is 10.7 Å². The van der Waals surface area contributed by atoms with Crippen LogP contribution in [0.3, 0.4) is 0 Å². The lowest BCUT2D eigenvalue weighted by molar-refractivity contribution is -0.137. The number of nitrogens with two attached hydrogens (primary N) is 1. The average Bonchev–Trinajstić information content (AvgIpc) is 2.37. The van der Waals surface area contributed by atoms with Crippen molar-refractivity contribution in [3.63, 3.8) is 0 Å². The Morgan fingerprint density at radius 3 is 2.38 bits per heavy atom. The Balaban J connectivity index is 2.87. The molecule has 1 aromatic rings. The number of ether oxygens (including phenoxy) is 2. The number of hydrogen-bond donors (Lipinski definition) is 1. The van der Waals surface area contributed by atoms with Gasteiger partial charge in [-0.25, -0.2) is 0 Å². The molecule has 0 radical (unpaired) electrons. The molecule has 3 nitrogen and oxygen atoms in total. The van der Waals surface area contributed by atoms with E-state index in [4.69, 9.17) is 15.2 Å². The predicted octanol–water partition coefficient (Wildman–Crippen LogP) is 3.53. The molecular weight excluding hydrogens is 303 g/mol. The van der Waals surface area contributed by atoms with Gasteiger partial charge < -0.3 is 15.2 Å². The highest BCUT2D eigenvalue weighted by atomic mass is 32.1. The molecule has 0 atom stereocenters. The summed E-state index contributed by atoms with van der Waals surface area (Å²) >= 11 is 4.67. The van der Waals surface area contributed by atoms with Crippen LogP contribution >= 0.6 is 12.2 Å². The van der Waals surface area contributed by atoms with Gasteiger partial charge in [-0.1, -0.05) is 12.2 Å². The first kappa shape index (κ1) is 17.7. The highest BCUT2D eigenvalue weighted by molar-refractivity contribution is 7.80. The van der Waals surface area contributed by atoms with Crippen LogP contribution in [0.4, 0.5) is 13.2 Å². The molecule has 0 aliphatic carbocycles. The Kier molecular flexibility index (Phi) is 5.58. The molecule has 0 heterocycles. The summed E-state index contributed by atoms with van der Waals surface area (Å²) in [6.07, 6.45) is -3.91. The lowest BCUT2D eigenvalue weighted by Gasteiger charge is -2.22. The second-order valence-corrected chi connectivity index (χ2v) is 5.57. The summed E-state index contributed by atoms with van der Waals surface area (Å²) in [4.78, 5) is -0.315. The van der Waals surface area contributed by atoms with E-state index >= 15 is 0 Å². The average molecular weight is 321 g/mol. The molecule has 0 saturated carbocycles. The van der Waals surface area contributed by atoms with Crippen molar-refractivity contribution in [2.24, 2.45) is 5.73 Å². The molecule has 118 valence electrons. The Morgan fingerprint density at radius 1 is 1.29 bits per heavy atom. The molecule has 7 heteroatoms. The van der Waals surface area contributed by atoms with E-state index in [-0.39, 0.29) is 21.9 Å². The van der Waals surface area contributed by atoms with Gasteiger partial charge in [0.2, 0.25) is 0 Å². The molecule has 1 rings (SSSR count). The molecule has 0 bridgehead atoms. The largest absolute Gasteiger partial charge is 0.493 e. The minimum absolute atomic E-state index is 0.235. The maximum atomic E-state index is 12.8. The van der Waals surface area contributed by atoms with Gasteiger partial charge in [0.05, 0.1) is 17.8 Å². The van der Waals surface area contributed by atoms with Gasteiger partial charge in [-0.3, -0.25) is 0 Å².